The van der Waals surface area contributed by atoms with Gasteiger partial charge < -0.3 is 9.64 Å². The number of hydrogen-bond acceptors (Lipinski definition) is 4. The molecule has 6 heteroatoms. The first-order valence-electron chi connectivity index (χ1n) is 6.91. The van der Waals surface area contributed by atoms with Gasteiger partial charge >= 0.3 is 0 Å². The summed E-state index contributed by atoms with van der Waals surface area (Å²) in [5, 5.41) is 0. The number of likely N-dealkylation sites (tertiary alicyclic amines) is 1. The van der Waals surface area contributed by atoms with Crippen molar-refractivity contribution in [2.75, 3.05) is 33.4 Å². The number of piperidine rings is 1. The Morgan fingerprint density at radius 2 is 1.79 bits per heavy atom. The Bertz CT molecular complexity index is 323. The molecule has 0 aromatic heterocycles. The van der Waals surface area contributed by atoms with Crippen LogP contribution in [0.1, 0.15) is 25.7 Å². The minimum Gasteiger partial charge on any atom is -0.382 e. The second kappa shape index (κ2) is 6.86. The molecular weight excluding hydrogens is 248 g/mol. The van der Waals surface area contributed by atoms with E-state index in [-0.39, 0.29) is 23.7 Å². The molecular formula is C13H22N2O4. The maximum absolute atomic E-state index is 11.9. The summed E-state index contributed by atoms with van der Waals surface area (Å²) in [5.41, 5.74) is 2.44. The summed E-state index contributed by atoms with van der Waals surface area (Å²) >= 11 is 0. The van der Waals surface area contributed by atoms with E-state index in [0.29, 0.717) is 26.3 Å². The maximum Gasteiger partial charge on any atom is 0.246 e. The van der Waals surface area contributed by atoms with Crippen LogP contribution in [0.15, 0.2) is 0 Å². The van der Waals surface area contributed by atoms with Crippen molar-refractivity contribution in [3.8, 4) is 0 Å². The highest BCUT2D eigenvalue weighted by Crippen LogP contribution is 2.32. The highest BCUT2D eigenvalue weighted by molar-refractivity contribution is 5.82. The molecule has 1 aliphatic carbocycles. The second-order valence-electron chi connectivity index (χ2n) is 5.18. The number of carbonyl (C=O) groups is 2. The number of amides is 2. The predicted octanol–water partition coefficient (Wildman–Crippen LogP) is 0.329. The van der Waals surface area contributed by atoms with Crippen molar-refractivity contribution in [2.24, 2.45) is 11.8 Å². The monoisotopic (exact) mass is 270 g/mol. The van der Waals surface area contributed by atoms with Crippen LogP contribution in [0.3, 0.4) is 0 Å². The molecule has 0 bridgehead atoms. The quantitative estimate of drug-likeness (QED) is 0.558. The highest BCUT2D eigenvalue weighted by Gasteiger charge is 2.35. The Morgan fingerprint density at radius 3 is 2.37 bits per heavy atom. The molecule has 2 amide bonds. The van der Waals surface area contributed by atoms with E-state index in [9.17, 15) is 9.59 Å². The lowest BCUT2D eigenvalue weighted by molar-refractivity contribution is -0.143. The molecule has 1 aliphatic heterocycles. The van der Waals surface area contributed by atoms with Crippen molar-refractivity contribution in [1.82, 2.24) is 10.4 Å². The van der Waals surface area contributed by atoms with Crippen LogP contribution in [0, 0.1) is 11.8 Å². The third-order valence-electron chi connectivity index (χ3n) is 3.67. The van der Waals surface area contributed by atoms with Gasteiger partial charge in [-0.3, -0.25) is 14.4 Å². The van der Waals surface area contributed by atoms with Crippen LogP contribution in [0.25, 0.3) is 0 Å². The zero-order valence-electron chi connectivity index (χ0n) is 11.4. The average molecular weight is 270 g/mol. The molecule has 1 saturated carbocycles. The van der Waals surface area contributed by atoms with Crippen molar-refractivity contribution < 1.29 is 19.2 Å². The number of rotatable bonds is 6. The molecule has 0 spiro atoms. The third-order valence-corrected chi connectivity index (χ3v) is 3.67. The fraction of sp³-hybridized carbons (Fsp3) is 0.846. The molecule has 0 aromatic carbocycles. The molecule has 1 saturated heterocycles. The number of nitrogens with zero attached hydrogens (tertiary/aromatic N) is 1. The smallest absolute Gasteiger partial charge is 0.246 e. The van der Waals surface area contributed by atoms with Gasteiger partial charge in [0.1, 0.15) is 0 Å². The van der Waals surface area contributed by atoms with E-state index in [2.05, 4.69) is 5.48 Å². The van der Waals surface area contributed by atoms with Crippen LogP contribution in [0.5, 0.6) is 0 Å². The summed E-state index contributed by atoms with van der Waals surface area (Å²) in [7, 11) is 1.58. The van der Waals surface area contributed by atoms with Gasteiger partial charge in [0.05, 0.1) is 13.2 Å². The van der Waals surface area contributed by atoms with E-state index in [1.807, 2.05) is 4.90 Å². The highest BCUT2D eigenvalue weighted by atomic mass is 16.7. The fourth-order valence-electron chi connectivity index (χ4n) is 2.28. The Labute approximate surface area is 113 Å². The van der Waals surface area contributed by atoms with E-state index in [1.54, 1.807) is 7.11 Å². The molecule has 108 valence electrons. The number of hydroxylamine groups is 1. The number of methoxy groups -OCH3 is 1. The summed E-state index contributed by atoms with van der Waals surface area (Å²) in [5.74, 6) is 0.401. The van der Waals surface area contributed by atoms with Crippen molar-refractivity contribution in [2.45, 2.75) is 25.7 Å². The molecule has 19 heavy (non-hydrogen) atoms. The maximum atomic E-state index is 11.9. The SMILES string of the molecule is COCCONC(=O)C1CCN(C(=O)C2CC2)CC1. The van der Waals surface area contributed by atoms with Crippen LogP contribution >= 0.6 is 0 Å². The van der Waals surface area contributed by atoms with Crippen LogP contribution < -0.4 is 5.48 Å². The van der Waals surface area contributed by atoms with Crippen LogP contribution in [0.4, 0.5) is 0 Å². The Hall–Kier alpha value is -1.14. The number of nitrogens with one attached hydrogen (secondary N) is 1. The molecule has 0 radical (unpaired) electrons. The molecule has 1 N–H and O–H groups in total. The van der Waals surface area contributed by atoms with Crippen LogP contribution in [-0.4, -0.2) is 50.1 Å². The van der Waals surface area contributed by atoms with E-state index in [4.69, 9.17) is 9.57 Å². The summed E-state index contributed by atoms with van der Waals surface area (Å²) in [4.78, 5) is 30.6. The van der Waals surface area contributed by atoms with E-state index >= 15 is 0 Å². The van der Waals surface area contributed by atoms with E-state index in [0.717, 1.165) is 25.7 Å². The predicted molar refractivity (Wildman–Crippen MR) is 68.0 cm³/mol. The first kappa shape index (κ1) is 14.3. The normalized spacial score (nSPS) is 20.4. The largest absolute Gasteiger partial charge is 0.382 e. The lowest BCUT2D eigenvalue weighted by atomic mass is 9.96. The Kier molecular flexibility index (Phi) is 5.15. The first-order chi connectivity index (χ1) is 9.22. The summed E-state index contributed by atoms with van der Waals surface area (Å²) in [6, 6.07) is 0. The molecule has 0 aromatic rings. The van der Waals surface area contributed by atoms with Gasteiger partial charge in [0, 0.05) is 32.0 Å². The van der Waals surface area contributed by atoms with Gasteiger partial charge in [0.25, 0.3) is 0 Å². The van der Waals surface area contributed by atoms with Gasteiger partial charge in [0.2, 0.25) is 11.8 Å². The third kappa shape index (κ3) is 4.18. The number of carbonyl (C=O) groups excluding carboxylic acids is 2. The van der Waals surface area contributed by atoms with Gasteiger partial charge in [-0.25, -0.2) is 5.48 Å². The van der Waals surface area contributed by atoms with Gasteiger partial charge in [-0.05, 0) is 25.7 Å². The molecule has 2 rings (SSSR count). The molecule has 2 fully saturated rings. The molecule has 6 nitrogen and oxygen atoms in total. The lowest BCUT2D eigenvalue weighted by Gasteiger charge is -2.31. The standard InChI is InChI=1S/C13H22N2O4/c1-18-8-9-19-14-12(16)10-4-6-15(7-5-10)13(17)11-2-3-11/h10-11H,2-9H2,1H3,(H,14,16). The van der Waals surface area contributed by atoms with Crippen LogP contribution in [-0.2, 0) is 19.2 Å². The van der Waals surface area contributed by atoms with Gasteiger partial charge in [0.15, 0.2) is 0 Å². The van der Waals surface area contributed by atoms with Crippen LogP contribution in [0.2, 0.25) is 0 Å². The Balaban J connectivity index is 1.64. The van der Waals surface area contributed by atoms with Gasteiger partial charge in [-0.2, -0.15) is 0 Å². The van der Waals surface area contributed by atoms with Crippen molar-refractivity contribution >= 4 is 11.8 Å². The average Bonchev–Trinajstić information content (AvgIpc) is 3.27. The van der Waals surface area contributed by atoms with Crippen molar-refractivity contribution in [3.05, 3.63) is 0 Å². The van der Waals surface area contributed by atoms with E-state index in [1.165, 1.54) is 0 Å². The summed E-state index contributed by atoms with van der Waals surface area (Å²) in [6.07, 6.45) is 3.51. The molecule has 1 heterocycles. The number of hydrogen-bond donors (Lipinski definition) is 1. The molecule has 0 unspecified atom stereocenters. The van der Waals surface area contributed by atoms with Gasteiger partial charge in [-0.1, -0.05) is 0 Å². The first-order valence-corrected chi connectivity index (χ1v) is 6.91. The second-order valence-corrected chi connectivity index (χ2v) is 5.18. The van der Waals surface area contributed by atoms with Crippen molar-refractivity contribution in [1.29, 1.82) is 0 Å². The molecule has 2 aliphatic rings. The Morgan fingerprint density at radius 1 is 1.11 bits per heavy atom. The van der Waals surface area contributed by atoms with Crippen molar-refractivity contribution in [3.63, 3.8) is 0 Å². The topological polar surface area (TPSA) is 67.9 Å². The molecule has 0 atom stereocenters. The minimum absolute atomic E-state index is 0.0502. The minimum atomic E-state index is -0.0883. The summed E-state index contributed by atoms with van der Waals surface area (Å²) < 4.78 is 4.82. The zero-order chi connectivity index (χ0) is 13.7. The fourth-order valence-corrected chi connectivity index (χ4v) is 2.28. The van der Waals surface area contributed by atoms with Gasteiger partial charge in [-0.15, -0.1) is 0 Å². The van der Waals surface area contributed by atoms with E-state index < -0.39 is 0 Å². The lowest BCUT2D eigenvalue weighted by Crippen LogP contribution is -2.43. The summed E-state index contributed by atoms with van der Waals surface area (Å²) in [6.45, 7) is 2.17. The zero-order valence-corrected chi connectivity index (χ0v) is 11.4. The number of ether oxygens (including phenoxy) is 1.